The van der Waals surface area contributed by atoms with Gasteiger partial charge in [-0.3, -0.25) is 14.5 Å². The number of aryl methyl sites for hydroxylation is 2. The van der Waals surface area contributed by atoms with Crippen molar-refractivity contribution >= 4 is 22.7 Å². The molecule has 2 heterocycles. The Bertz CT molecular complexity index is 827. The van der Waals surface area contributed by atoms with Gasteiger partial charge >= 0.3 is 0 Å². The molecule has 1 unspecified atom stereocenters. The average molecular weight is 370 g/mol. The van der Waals surface area contributed by atoms with Crippen molar-refractivity contribution in [2.75, 3.05) is 26.7 Å². The van der Waals surface area contributed by atoms with Gasteiger partial charge in [0, 0.05) is 63.3 Å². The normalized spacial score (nSPS) is 18.3. The summed E-state index contributed by atoms with van der Waals surface area (Å²) < 4.78 is 2.11. The summed E-state index contributed by atoms with van der Waals surface area (Å²) in [6.07, 6.45) is 3.30. The second kappa shape index (κ2) is 8.13. The van der Waals surface area contributed by atoms with Crippen LogP contribution in [-0.2, 0) is 23.1 Å². The van der Waals surface area contributed by atoms with Crippen LogP contribution in [0.2, 0.25) is 0 Å². The Kier molecular flexibility index (Phi) is 5.85. The summed E-state index contributed by atoms with van der Waals surface area (Å²) in [6.45, 7) is 6.06. The van der Waals surface area contributed by atoms with E-state index in [4.69, 9.17) is 0 Å². The monoisotopic (exact) mass is 370 g/mol. The summed E-state index contributed by atoms with van der Waals surface area (Å²) in [7, 11) is 3.69. The maximum Gasteiger partial charge on any atom is 0.238 e. The van der Waals surface area contributed by atoms with Crippen molar-refractivity contribution in [1.29, 1.82) is 0 Å². The zero-order valence-electron chi connectivity index (χ0n) is 16.7. The molecule has 2 amide bonds. The predicted molar refractivity (Wildman–Crippen MR) is 108 cm³/mol. The number of aromatic nitrogens is 1. The molecule has 1 saturated heterocycles. The van der Waals surface area contributed by atoms with Crippen molar-refractivity contribution in [3.8, 4) is 0 Å². The maximum absolute atomic E-state index is 12.8. The molecule has 0 bridgehead atoms. The van der Waals surface area contributed by atoms with Crippen LogP contribution >= 0.6 is 0 Å². The lowest BCUT2D eigenvalue weighted by molar-refractivity contribution is -0.138. The standard InChI is InChI=1S/C21H30N4O2/c1-15(2)25-12-11-24(14-19(25)21(27)22-3)20(26)10-9-16-13-23(4)18-8-6-5-7-17(16)18/h5-8,13,15,19H,9-12,14H2,1-4H3,(H,22,27). The lowest BCUT2D eigenvalue weighted by Crippen LogP contribution is -2.61. The molecule has 1 aliphatic rings. The lowest BCUT2D eigenvalue weighted by atomic mass is 10.1. The number of amides is 2. The highest BCUT2D eigenvalue weighted by atomic mass is 16.2. The van der Waals surface area contributed by atoms with Gasteiger partial charge in [0.05, 0.1) is 0 Å². The Morgan fingerprint density at radius 3 is 2.67 bits per heavy atom. The van der Waals surface area contributed by atoms with Crippen molar-refractivity contribution in [3.05, 3.63) is 36.0 Å². The van der Waals surface area contributed by atoms with E-state index >= 15 is 0 Å². The van der Waals surface area contributed by atoms with Gasteiger partial charge in [0.2, 0.25) is 11.8 Å². The lowest BCUT2D eigenvalue weighted by Gasteiger charge is -2.42. The predicted octanol–water partition coefficient (Wildman–Crippen LogP) is 1.78. The van der Waals surface area contributed by atoms with Gasteiger partial charge in [-0.1, -0.05) is 18.2 Å². The molecule has 146 valence electrons. The van der Waals surface area contributed by atoms with E-state index in [0.717, 1.165) is 13.0 Å². The highest BCUT2D eigenvalue weighted by molar-refractivity contribution is 5.86. The number of likely N-dealkylation sites (N-methyl/N-ethyl adjacent to an activating group) is 1. The molecule has 1 N–H and O–H groups in total. The molecule has 6 heteroatoms. The first kappa shape index (κ1) is 19.4. The van der Waals surface area contributed by atoms with Crippen LogP contribution in [0.5, 0.6) is 0 Å². The van der Waals surface area contributed by atoms with Gasteiger partial charge in [0.15, 0.2) is 0 Å². The second-order valence-corrected chi connectivity index (χ2v) is 7.58. The Morgan fingerprint density at radius 2 is 1.96 bits per heavy atom. The summed E-state index contributed by atoms with van der Waals surface area (Å²) in [5.41, 5.74) is 2.38. The number of carbonyl (C=O) groups is 2. The number of nitrogens with zero attached hydrogens (tertiary/aromatic N) is 3. The molecule has 1 aromatic carbocycles. The molecule has 3 rings (SSSR count). The molecule has 27 heavy (non-hydrogen) atoms. The number of rotatable bonds is 5. The van der Waals surface area contributed by atoms with Gasteiger partial charge in [-0.15, -0.1) is 0 Å². The van der Waals surface area contributed by atoms with Crippen LogP contribution in [-0.4, -0.2) is 64.9 Å². The topological polar surface area (TPSA) is 57.6 Å². The Morgan fingerprint density at radius 1 is 1.22 bits per heavy atom. The largest absolute Gasteiger partial charge is 0.358 e. The summed E-state index contributed by atoms with van der Waals surface area (Å²) >= 11 is 0. The van der Waals surface area contributed by atoms with Gasteiger partial charge in [-0.2, -0.15) is 0 Å². The van der Waals surface area contributed by atoms with E-state index < -0.39 is 0 Å². The van der Waals surface area contributed by atoms with Crippen molar-refractivity contribution in [1.82, 2.24) is 19.7 Å². The quantitative estimate of drug-likeness (QED) is 0.873. The van der Waals surface area contributed by atoms with E-state index in [2.05, 4.69) is 47.0 Å². The average Bonchev–Trinajstić information content (AvgIpc) is 3.01. The smallest absolute Gasteiger partial charge is 0.238 e. The van der Waals surface area contributed by atoms with Crippen LogP contribution in [0.1, 0.15) is 25.8 Å². The number of para-hydroxylation sites is 1. The van der Waals surface area contributed by atoms with Gasteiger partial charge in [0.25, 0.3) is 0 Å². The minimum atomic E-state index is -0.273. The van der Waals surface area contributed by atoms with Crippen molar-refractivity contribution in [2.45, 2.75) is 38.8 Å². The number of carbonyl (C=O) groups excluding carboxylic acids is 2. The fourth-order valence-corrected chi connectivity index (χ4v) is 4.07. The molecular formula is C21H30N4O2. The molecule has 1 aliphatic heterocycles. The second-order valence-electron chi connectivity index (χ2n) is 7.58. The Labute approximate surface area is 161 Å². The first-order valence-corrected chi connectivity index (χ1v) is 9.70. The third-order valence-corrected chi connectivity index (χ3v) is 5.57. The molecule has 0 aliphatic carbocycles. The van der Waals surface area contributed by atoms with E-state index in [1.54, 1.807) is 7.05 Å². The van der Waals surface area contributed by atoms with Crippen LogP contribution in [0, 0.1) is 0 Å². The molecule has 2 aromatic rings. The summed E-state index contributed by atoms with van der Waals surface area (Å²) in [5, 5.41) is 3.95. The highest BCUT2D eigenvalue weighted by Crippen LogP contribution is 2.22. The van der Waals surface area contributed by atoms with Gasteiger partial charge in [-0.05, 0) is 31.9 Å². The molecule has 1 aromatic heterocycles. The number of benzene rings is 1. The van der Waals surface area contributed by atoms with E-state index in [1.807, 2.05) is 24.1 Å². The SMILES string of the molecule is CNC(=O)C1CN(C(=O)CCc2cn(C)c3ccccc23)CCN1C(C)C. The van der Waals surface area contributed by atoms with Crippen molar-refractivity contribution in [2.24, 2.45) is 7.05 Å². The minimum absolute atomic E-state index is 0.0183. The maximum atomic E-state index is 12.8. The first-order chi connectivity index (χ1) is 12.9. The minimum Gasteiger partial charge on any atom is -0.358 e. The van der Waals surface area contributed by atoms with Crippen LogP contribution < -0.4 is 5.32 Å². The molecule has 1 atom stereocenters. The number of nitrogens with one attached hydrogen (secondary N) is 1. The van der Waals surface area contributed by atoms with E-state index in [1.165, 1.54) is 16.5 Å². The van der Waals surface area contributed by atoms with E-state index in [0.29, 0.717) is 19.5 Å². The molecule has 0 radical (unpaired) electrons. The summed E-state index contributed by atoms with van der Waals surface area (Å²) in [4.78, 5) is 29.1. The molecule has 1 fully saturated rings. The van der Waals surface area contributed by atoms with Crippen LogP contribution in [0.15, 0.2) is 30.5 Å². The van der Waals surface area contributed by atoms with Crippen molar-refractivity contribution in [3.63, 3.8) is 0 Å². The zero-order valence-corrected chi connectivity index (χ0v) is 16.7. The number of piperazine rings is 1. The van der Waals surface area contributed by atoms with Gasteiger partial charge < -0.3 is 14.8 Å². The van der Waals surface area contributed by atoms with Crippen LogP contribution in [0.25, 0.3) is 10.9 Å². The number of hydrogen-bond donors (Lipinski definition) is 1. The van der Waals surface area contributed by atoms with Crippen molar-refractivity contribution < 1.29 is 9.59 Å². The molecule has 0 saturated carbocycles. The molecule has 6 nitrogen and oxygen atoms in total. The summed E-state index contributed by atoms with van der Waals surface area (Å²) in [6, 6.07) is 8.28. The van der Waals surface area contributed by atoms with Crippen LogP contribution in [0.4, 0.5) is 0 Å². The van der Waals surface area contributed by atoms with E-state index in [9.17, 15) is 9.59 Å². The zero-order chi connectivity index (χ0) is 19.6. The number of fused-ring (bicyclic) bond motifs is 1. The Balaban J connectivity index is 1.66. The Hall–Kier alpha value is -2.34. The molecule has 0 spiro atoms. The first-order valence-electron chi connectivity index (χ1n) is 9.70. The third kappa shape index (κ3) is 4.00. The summed E-state index contributed by atoms with van der Waals surface area (Å²) in [5.74, 6) is 0.107. The highest BCUT2D eigenvalue weighted by Gasteiger charge is 2.34. The third-order valence-electron chi connectivity index (χ3n) is 5.57. The fourth-order valence-electron chi connectivity index (χ4n) is 4.07. The number of hydrogen-bond acceptors (Lipinski definition) is 3. The fraction of sp³-hybridized carbons (Fsp3) is 0.524. The molecular weight excluding hydrogens is 340 g/mol. The van der Waals surface area contributed by atoms with Gasteiger partial charge in [-0.25, -0.2) is 0 Å². The van der Waals surface area contributed by atoms with Crippen LogP contribution in [0.3, 0.4) is 0 Å². The van der Waals surface area contributed by atoms with Gasteiger partial charge in [0.1, 0.15) is 6.04 Å². The van der Waals surface area contributed by atoms with E-state index in [-0.39, 0.29) is 23.9 Å².